The number of carbonyl (C=O) groups is 1. The molecule has 0 aromatic carbocycles. The van der Waals surface area contributed by atoms with Crippen LogP contribution in [0.1, 0.15) is 58.3 Å². The average Bonchev–Trinajstić information content (AvgIpc) is 3.01. The number of nitrogens with zero attached hydrogens (tertiary/aromatic N) is 1. The van der Waals surface area contributed by atoms with Gasteiger partial charge < -0.3 is 15.7 Å². The molecule has 0 aromatic heterocycles. The van der Waals surface area contributed by atoms with Gasteiger partial charge in [-0.05, 0) is 51.1 Å². The van der Waals surface area contributed by atoms with Crippen LogP contribution in [0, 0.1) is 5.92 Å². The van der Waals surface area contributed by atoms with Crippen molar-refractivity contribution < 1.29 is 9.90 Å². The average molecular weight is 268 g/mol. The maximum atomic E-state index is 11.4. The summed E-state index contributed by atoms with van der Waals surface area (Å²) in [4.78, 5) is 13.9. The zero-order valence-corrected chi connectivity index (χ0v) is 12.1. The maximum absolute atomic E-state index is 11.4. The standard InChI is InChI=1S/C15H28N2O2/c1-2-17(13-7-3-4-8-13)11-9-12-6-5-10-15(12,16)14(18)19/h12-13H,2-11,16H2,1H3,(H,18,19). The predicted molar refractivity (Wildman–Crippen MR) is 76.0 cm³/mol. The molecule has 110 valence electrons. The van der Waals surface area contributed by atoms with Gasteiger partial charge in [-0.1, -0.05) is 26.2 Å². The van der Waals surface area contributed by atoms with E-state index in [1.807, 2.05) is 0 Å². The van der Waals surface area contributed by atoms with Gasteiger partial charge in [0.05, 0.1) is 0 Å². The summed E-state index contributed by atoms with van der Waals surface area (Å²) in [5, 5.41) is 9.34. The van der Waals surface area contributed by atoms with Crippen molar-refractivity contribution in [3.05, 3.63) is 0 Å². The van der Waals surface area contributed by atoms with E-state index in [4.69, 9.17) is 5.73 Å². The van der Waals surface area contributed by atoms with Gasteiger partial charge in [-0.3, -0.25) is 4.79 Å². The van der Waals surface area contributed by atoms with Crippen LogP contribution in [0.4, 0.5) is 0 Å². The quantitative estimate of drug-likeness (QED) is 0.775. The second-order valence-electron chi connectivity index (χ2n) is 6.29. The molecule has 0 bridgehead atoms. The molecule has 2 saturated carbocycles. The van der Waals surface area contributed by atoms with Crippen LogP contribution in [0.25, 0.3) is 0 Å². The van der Waals surface area contributed by atoms with Gasteiger partial charge in [0, 0.05) is 6.04 Å². The molecule has 0 heterocycles. The third kappa shape index (κ3) is 3.11. The minimum absolute atomic E-state index is 0.153. The first-order chi connectivity index (χ1) is 9.08. The Kier molecular flexibility index (Phi) is 4.85. The lowest BCUT2D eigenvalue weighted by Crippen LogP contribution is -2.51. The minimum atomic E-state index is -0.963. The van der Waals surface area contributed by atoms with Crippen molar-refractivity contribution >= 4 is 5.97 Å². The Balaban J connectivity index is 1.88. The SMILES string of the molecule is CCN(CCC1CCCC1(N)C(=O)O)C1CCCC1. The highest BCUT2D eigenvalue weighted by Gasteiger charge is 2.45. The molecule has 2 aliphatic rings. The highest BCUT2D eigenvalue weighted by molar-refractivity contribution is 5.79. The summed E-state index contributed by atoms with van der Waals surface area (Å²) in [6.45, 7) is 4.29. The Bertz CT molecular complexity index is 315. The Morgan fingerprint density at radius 1 is 1.32 bits per heavy atom. The molecular weight excluding hydrogens is 240 g/mol. The van der Waals surface area contributed by atoms with Gasteiger partial charge in [0.2, 0.25) is 0 Å². The second kappa shape index (κ2) is 6.23. The maximum Gasteiger partial charge on any atom is 0.323 e. The van der Waals surface area contributed by atoms with Crippen molar-refractivity contribution in [3.63, 3.8) is 0 Å². The van der Waals surface area contributed by atoms with E-state index in [1.54, 1.807) is 0 Å². The number of nitrogens with two attached hydrogens (primary N) is 1. The Morgan fingerprint density at radius 2 is 2.00 bits per heavy atom. The van der Waals surface area contributed by atoms with Crippen LogP contribution in [-0.4, -0.2) is 40.6 Å². The zero-order valence-electron chi connectivity index (χ0n) is 12.1. The van der Waals surface area contributed by atoms with Gasteiger partial charge in [0.15, 0.2) is 0 Å². The molecule has 2 rings (SSSR count). The molecule has 19 heavy (non-hydrogen) atoms. The third-order valence-corrected chi connectivity index (χ3v) is 5.28. The summed E-state index contributed by atoms with van der Waals surface area (Å²) in [5.74, 6) is -0.653. The number of aliphatic carboxylic acids is 1. The summed E-state index contributed by atoms with van der Waals surface area (Å²) in [7, 11) is 0. The first kappa shape index (κ1) is 14.8. The van der Waals surface area contributed by atoms with Crippen molar-refractivity contribution in [3.8, 4) is 0 Å². The Hall–Kier alpha value is -0.610. The van der Waals surface area contributed by atoms with Crippen molar-refractivity contribution in [2.45, 2.75) is 69.9 Å². The van der Waals surface area contributed by atoms with Gasteiger partial charge in [0.25, 0.3) is 0 Å². The smallest absolute Gasteiger partial charge is 0.323 e. The summed E-state index contributed by atoms with van der Waals surface area (Å²) in [6.07, 6.45) is 8.83. The molecule has 0 aromatic rings. The van der Waals surface area contributed by atoms with Gasteiger partial charge in [-0.25, -0.2) is 0 Å². The molecule has 0 aliphatic heterocycles. The monoisotopic (exact) mass is 268 g/mol. The van der Waals surface area contributed by atoms with E-state index in [1.165, 1.54) is 25.7 Å². The molecule has 0 saturated heterocycles. The van der Waals surface area contributed by atoms with E-state index < -0.39 is 11.5 Å². The van der Waals surface area contributed by atoms with Gasteiger partial charge >= 0.3 is 5.97 Å². The molecule has 2 atom stereocenters. The van der Waals surface area contributed by atoms with Crippen LogP contribution < -0.4 is 5.73 Å². The van der Waals surface area contributed by atoms with E-state index in [-0.39, 0.29) is 5.92 Å². The molecule has 3 N–H and O–H groups in total. The van der Waals surface area contributed by atoms with Gasteiger partial charge in [-0.2, -0.15) is 0 Å². The molecule has 4 nitrogen and oxygen atoms in total. The van der Waals surface area contributed by atoms with Crippen LogP contribution >= 0.6 is 0 Å². The first-order valence-electron chi connectivity index (χ1n) is 7.84. The zero-order chi connectivity index (χ0) is 13.9. The van der Waals surface area contributed by atoms with E-state index in [2.05, 4.69) is 11.8 Å². The fourth-order valence-electron chi connectivity index (χ4n) is 3.98. The lowest BCUT2D eigenvalue weighted by atomic mass is 9.85. The molecule has 0 radical (unpaired) electrons. The molecule has 4 heteroatoms. The Morgan fingerprint density at radius 3 is 2.58 bits per heavy atom. The highest BCUT2D eigenvalue weighted by atomic mass is 16.4. The summed E-state index contributed by atoms with van der Waals surface area (Å²) in [5.41, 5.74) is 5.15. The first-order valence-corrected chi connectivity index (χ1v) is 7.84. The molecule has 2 aliphatic carbocycles. The van der Waals surface area contributed by atoms with E-state index in [9.17, 15) is 9.90 Å². The number of rotatable bonds is 6. The summed E-state index contributed by atoms with van der Waals surface area (Å²) in [6, 6.07) is 0.725. The van der Waals surface area contributed by atoms with Crippen LogP contribution in [0.3, 0.4) is 0 Å². The summed E-state index contributed by atoms with van der Waals surface area (Å²) < 4.78 is 0. The number of carboxylic acids is 1. The predicted octanol–water partition coefficient (Wildman–Crippen LogP) is 2.22. The van der Waals surface area contributed by atoms with Crippen LogP contribution in [0.15, 0.2) is 0 Å². The van der Waals surface area contributed by atoms with Crippen molar-refractivity contribution in [1.29, 1.82) is 0 Å². The minimum Gasteiger partial charge on any atom is -0.480 e. The largest absolute Gasteiger partial charge is 0.480 e. The molecular formula is C15H28N2O2. The molecule has 0 amide bonds. The van der Waals surface area contributed by atoms with Crippen molar-refractivity contribution in [2.75, 3.05) is 13.1 Å². The topological polar surface area (TPSA) is 66.6 Å². The van der Waals surface area contributed by atoms with E-state index >= 15 is 0 Å². The lowest BCUT2D eigenvalue weighted by molar-refractivity contribution is -0.144. The fourth-order valence-corrected chi connectivity index (χ4v) is 3.98. The second-order valence-corrected chi connectivity index (χ2v) is 6.29. The van der Waals surface area contributed by atoms with E-state index in [0.29, 0.717) is 6.42 Å². The lowest BCUT2D eigenvalue weighted by Gasteiger charge is -2.32. The van der Waals surface area contributed by atoms with Crippen molar-refractivity contribution in [1.82, 2.24) is 4.90 Å². The number of carboxylic acid groups (broad SMARTS) is 1. The van der Waals surface area contributed by atoms with Crippen LogP contribution in [0.2, 0.25) is 0 Å². The van der Waals surface area contributed by atoms with Gasteiger partial charge in [0.1, 0.15) is 5.54 Å². The molecule has 0 spiro atoms. The fraction of sp³-hybridized carbons (Fsp3) is 0.933. The number of hydrogen-bond donors (Lipinski definition) is 2. The number of hydrogen-bond acceptors (Lipinski definition) is 3. The summed E-state index contributed by atoms with van der Waals surface area (Å²) >= 11 is 0. The van der Waals surface area contributed by atoms with Crippen LogP contribution in [-0.2, 0) is 4.79 Å². The van der Waals surface area contributed by atoms with Gasteiger partial charge in [-0.15, -0.1) is 0 Å². The highest BCUT2D eigenvalue weighted by Crippen LogP contribution is 2.36. The van der Waals surface area contributed by atoms with Crippen LogP contribution in [0.5, 0.6) is 0 Å². The third-order valence-electron chi connectivity index (χ3n) is 5.28. The van der Waals surface area contributed by atoms with E-state index in [0.717, 1.165) is 38.4 Å². The van der Waals surface area contributed by atoms with Crippen molar-refractivity contribution in [2.24, 2.45) is 11.7 Å². The molecule has 2 unspecified atom stereocenters. The Labute approximate surface area is 116 Å². The normalized spacial score (nSPS) is 32.3. The molecule has 2 fully saturated rings.